The van der Waals surface area contributed by atoms with Crippen LogP contribution in [0.4, 0.5) is 5.69 Å². The molecule has 2 aliphatic carbocycles. The number of phenolic OH excluding ortho intramolecular Hbond substituents is 1. The van der Waals surface area contributed by atoms with E-state index in [-0.39, 0.29) is 36.9 Å². The van der Waals surface area contributed by atoms with E-state index in [0.717, 1.165) is 29.5 Å². The Morgan fingerprint density at radius 2 is 1.47 bits per heavy atom. The molecule has 2 heterocycles. The smallest absolute Gasteiger partial charge is 0.674 e. The molecule has 202 valence electrons. The fourth-order valence-corrected chi connectivity index (χ4v) is 7.06. The molecule has 0 radical (unpaired) electrons. The molecule has 2 saturated carbocycles. The van der Waals surface area contributed by atoms with Gasteiger partial charge in [0.2, 0.25) is 0 Å². The van der Waals surface area contributed by atoms with Crippen LogP contribution in [0, 0.1) is 25.2 Å². The molecule has 4 aliphatic rings. The van der Waals surface area contributed by atoms with Gasteiger partial charge in [-0.15, -0.1) is 17.8 Å². The van der Waals surface area contributed by atoms with E-state index in [9.17, 15) is 10.2 Å². The zero-order valence-corrected chi connectivity index (χ0v) is 24.6. The first-order valence-electron chi connectivity index (χ1n) is 14.2. The summed E-state index contributed by atoms with van der Waals surface area (Å²) in [6.45, 7) is 4.51. The molecular formula is C33H45AlN2O2. The number of nitrogens with zero attached hydrogens (tertiary/aromatic N) is 2. The molecule has 0 bridgehead atoms. The number of allylic oxidation sites excluding steroid dienone is 1. The summed E-state index contributed by atoms with van der Waals surface area (Å²) in [6, 6.07) is 16.5. The summed E-state index contributed by atoms with van der Waals surface area (Å²) in [5.74, 6) is 2.46. The Labute approximate surface area is 241 Å². The zero-order valence-electron chi connectivity index (χ0n) is 23.5. The van der Waals surface area contributed by atoms with E-state index in [4.69, 9.17) is 10.6 Å². The van der Waals surface area contributed by atoms with E-state index < -0.39 is 0 Å². The molecule has 7 unspecified atom stereocenters. The van der Waals surface area contributed by atoms with Crippen molar-refractivity contribution in [1.82, 2.24) is 0 Å². The van der Waals surface area contributed by atoms with Crippen molar-refractivity contribution < 1.29 is 10.2 Å². The Bertz CT molecular complexity index is 1060. The first-order chi connectivity index (χ1) is 17.5. The van der Waals surface area contributed by atoms with Crippen molar-refractivity contribution in [2.24, 2.45) is 17.8 Å². The van der Waals surface area contributed by atoms with Crippen molar-refractivity contribution >= 4 is 28.6 Å². The number of aromatic hydroxyl groups is 1. The molecule has 7 atom stereocenters. The predicted octanol–water partition coefficient (Wildman–Crippen LogP) is 8.50. The maximum Gasteiger partial charge on any atom is 3.00 e. The van der Waals surface area contributed by atoms with Gasteiger partial charge in [-0.05, 0) is 48.8 Å². The normalized spacial score (nSPS) is 31.9. The van der Waals surface area contributed by atoms with E-state index in [1.54, 1.807) is 6.07 Å². The molecule has 0 amide bonds. The average Bonchev–Trinajstić information content (AvgIpc) is 2.90. The van der Waals surface area contributed by atoms with E-state index in [2.05, 4.69) is 26.0 Å². The number of piperidine rings is 1. The number of rotatable bonds is 2. The van der Waals surface area contributed by atoms with Crippen molar-refractivity contribution in [2.75, 3.05) is 0 Å². The fourth-order valence-electron chi connectivity index (χ4n) is 7.06. The number of aliphatic hydroxyl groups is 1. The summed E-state index contributed by atoms with van der Waals surface area (Å²) in [4.78, 5) is 0. The number of para-hydroxylation sites is 2. The van der Waals surface area contributed by atoms with Gasteiger partial charge in [0.15, 0.2) is 0 Å². The second-order valence-corrected chi connectivity index (χ2v) is 11.5. The Kier molecular flexibility index (Phi) is 11.4. The van der Waals surface area contributed by atoms with E-state index in [0.29, 0.717) is 23.8 Å². The number of aliphatic hydroxyl groups excluding tert-OH is 1. The standard InChI is InChI=1S/C16H28NO.C16H14NO.CH3.Al/c2*1-11-10-15(13-7-3-5-9-16(13)18)17-14-8-4-2-6-12(11)14;;/h11-16,18H,2-10H2,1H3;2-10,15,18H,1H3;1H3;/q3*-1;+3. The van der Waals surface area contributed by atoms with Crippen LogP contribution >= 0.6 is 0 Å². The molecule has 1 saturated heterocycles. The van der Waals surface area contributed by atoms with Gasteiger partial charge in [-0.1, -0.05) is 118 Å². The minimum atomic E-state index is -0.0962. The minimum Gasteiger partial charge on any atom is -0.674 e. The van der Waals surface area contributed by atoms with Gasteiger partial charge in [-0.2, -0.15) is 0 Å². The van der Waals surface area contributed by atoms with Crippen molar-refractivity contribution in [3.8, 4) is 5.75 Å². The first-order valence-corrected chi connectivity index (χ1v) is 14.2. The van der Waals surface area contributed by atoms with Gasteiger partial charge in [0.05, 0.1) is 6.10 Å². The minimum absolute atomic E-state index is 0. The van der Waals surface area contributed by atoms with Gasteiger partial charge in [0.25, 0.3) is 0 Å². The van der Waals surface area contributed by atoms with Crippen LogP contribution in [0.1, 0.15) is 88.8 Å². The van der Waals surface area contributed by atoms with Crippen LogP contribution in [-0.2, 0) is 0 Å². The van der Waals surface area contributed by atoms with Gasteiger partial charge in [-0.25, -0.2) is 0 Å². The SMILES string of the molecule is CC1=CC(c2ccccc2O)[N-]c2ccccc21.CC1CC(C2CCCCC2O)[N-]C2CCCCC12.[Al+3].[CH3-]. The van der Waals surface area contributed by atoms with Gasteiger partial charge in [0.1, 0.15) is 5.75 Å². The van der Waals surface area contributed by atoms with Gasteiger partial charge < -0.3 is 28.3 Å². The van der Waals surface area contributed by atoms with Crippen LogP contribution in [0.2, 0.25) is 0 Å². The Morgan fingerprint density at radius 3 is 2.24 bits per heavy atom. The number of phenols is 1. The fraction of sp³-hybridized carbons (Fsp3) is 0.545. The van der Waals surface area contributed by atoms with Crippen molar-refractivity contribution in [2.45, 2.75) is 95.9 Å². The quantitative estimate of drug-likeness (QED) is 0.303. The molecule has 5 heteroatoms. The number of benzene rings is 2. The summed E-state index contributed by atoms with van der Waals surface area (Å²) in [5.41, 5.74) is 4.22. The van der Waals surface area contributed by atoms with E-state index >= 15 is 0 Å². The summed E-state index contributed by atoms with van der Waals surface area (Å²) in [6.07, 6.45) is 13.5. The molecule has 4 nitrogen and oxygen atoms in total. The van der Waals surface area contributed by atoms with Crippen LogP contribution in [0.25, 0.3) is 16.2 Å². The topological polar surface area (TPSA) is 68.7 Å². The molecular weight excluding hydrogens is 483 g/mol. The maximum absolute atomic E-state index is 10.2. The Hall–Kier alpha value is -1.77. The number of fused-ring (bicyclic) bond motifs is 2. The van der Waals surface area contributed by atoms with E-state index in [1.165, 1.54) is 62.5 Å². The van der Waals surface area contributed by atoms with Crippen LogP contribution < -0.4 is 0 Å². The molecule has 2 aromatic rings. The molecule has 0 aromatic heterocycles. The van der Waals surface area contributed by atoms with Crippen LogP contribution in [0.5, 0.6) is 5.75 Å². The first kappa shape index (κ1) is 30.8. The third-order valence-corrected chi connectivity index (χ3v) is 9.05. The Balaban J connectivity index is 0.000000200. The molecule has 0 spiro atoms. The molecule has 2 N–H and O–H groups in total. The summed E-state index contributed by atoms with van der Waals surface area (Å²) >= 11 is 0. The summed E-state index contributed by atoms with van der Waals surface area (Å²) in [5, 5.41) is 30.0. The van der Waals surface area contributed by atoms with E-state index in [1.807, 2.05) is 36.4 Å². The molecule has 3 fully saturated rings. The summed E-state index contributed by atoms with van der Waals surface area (Å²) < 4.78 is 0. The largest absolute Gasteiger partial charge is 3.00 e. The second-order valence-electron chi connectivity index (χ2n) is 11.5. The second kappa shape index (κ2) is 14.0. The molecule has 6 rings (SSSR count). The van der Waals surface area contributed by atoms with Crippen molar-refractivity contribution in [1.29, 1.82) is 0 Å². The number of hydrogen-bond donors (Lipinski definition) is 2. The average molecular weight is 529 g/mol. The monoisotopic (exact) mass is 528 g/mol. The molecule has 2 aromatic carbocycles. The molecule has 2 aliphatic heterocycles. The Morgan fingerprint density at radius 1 is 0.816 bits per heavy atom. The van der Waals surface area contributed by atoms with Crippen molar-refractivity contribution in [3.05, 3.63) is 83.8 Å². The van der Waals surface area contributed by atoms with Gasteiger partial charge in [-0.3, -0.25) is 0 Å². The van der Waals surface area contributed by atoms with Crippen LogP contribution in [-0.4, -0.2) is 45.8 Å². The summed E-state index contributed by atoms with van der Waals surface area (Å²) in [7, 11) is 0. The van der Waals surface area contributed by atoms with Crippen LogP contribution in [0.15, 0.2) is 54.6 Å². The predicted molar refractivity (Wildman–Crippen MR) is 161 cm³/mol. The molecule has 38 heavy (non-hydrogen) atoms. The maximum atomic E-state index is 10.2. The number of hydrogen-bond acceptors (Lipinski definition) is 2. The van der Waals surface area contributed by atoms with Gasteiger partial charge >= 0.3 is 17.4 Å². The van der Waals surface area contributed by atoms with Crippen molar-refractivity contribution in [3.63, 3.8) is 0 Å². The van der Waals surface area contributed by atoms with Gasteiger partial charge in [0, 0.05) is 0 Å². The third-order valence-electron chi connectivity index (χ3n) is 9.05. The zero-order chi connectivity index (χ0) is 25.1. The van der Waals surface area contributed by atoms with Crippen LogP contribution in [0.3, 0.4) is 0 Å². The third kappa shape index (κ3) is 6.86.